The molecule has 0 aromatic carbocycles. The van der Waals surface area contributed by atoms with Crippen molar-refractivity contribution in [2.45, 2.75) is 53.5 Å². The maximum Gasteiger partial charge on any atom is 0.251 e. The van der Waals surface area contributed by atoms with Gasteiger partial charge in [-0.3, -0.25) is 4.79 Å². The van der Waals surface area contributed by atoms with Crippen LogP contribution in [-0.2, 0) is 0 Å². The van der Waals surface area contributed by atoms with Crippen LogP contribution in [0.1, 0.15) is 56.6 Å². The maximum atomic E-state index is 12.3. The number of nitrogens with zero attached hydrogens (tertiary/aromatic N) is 1. The summed E-state index contributed by atoms with van der Waals surface area (Å²) < 4.78 is 0. The SMILES string of the molecule is CCNc1cc(C(=O)NC(C)CC(C)CC)cc(C)n1. The van der Waals surface area contributed by atoms with Crippen LogP contribution >= 0.6 is 0 Å². The summed E-state index contributed by atoms with van der Waals surface area (Å²) in [6.07, 6.45) is 2.14. The third kappa shape index (κ3) is 5.19. The van der Waals surface area contributed by atoms with Crippen LogP contribution in [-0.4, -0.2) is 23.5 Å². The molecule has 112 valence electrons. The van der Waals surface area contributed by atoms with Crippen LogP contribution in [0, 0.1) is 12.8 Å². The summed E-state index contributed by atoms with van der Waals surface area (Å²) in [5.41, 5.74) is 1.52. The predicted octanol–water partition coefficient (Wildman–Crippen LogP) is 3.38. The number of aromatic nitrogens is 1. The van der Waals surface area contributed by atoms with Gasteiger partial charge in [0.15, 0.2) is 0 Å². The zero-order valence-electron chi connectivity index (χ0n) is 13.3. The number of rotatable bonds is 7. The Kier molecular flexibility index (Phi) is 6.49. The second kappa shape index (κ2) is 7.88. The smallest absolute Gasteiger partial charge is 0.251 e. The standard InChI is InChI=1S/C16H27N3O/c1-6-11(3)8-12(4)19-16(20)14-9-13(5)18-15(10-14)17-7-2/h9-12H,6-8H2,1-5H3,(H,17,18)(H,19,20). The Morgan fingerprint density at radius 3 is 2.60 bits per heavy atom. The summed E-state index contributed by atoms with van der Waals surface area (Å²) in [6.45, 7) is 11.2. The van der Waals surface area contributed by atoms with Crippen LogP contribution < -0.4 is 10.6 Å². The molecule has 1 aromatic heterocycles. The third-order valence-electron chi connectivity index (χ3n) is 3.40. The lowest BCUT2D eigenvalue weighted by atomic mass is 10.00. The Hall–Kier alpha value is -1.58. The Labute approximate surface area is 122 Å². The highest BCUT2D eigenvalue weighted by molar-refractivity contribution is 5.95. The van der Waals surface area contributed by atoms with E-state index >= 15 is 0 Å². The second-order valence-corrected chi connectivity index (χ2v) is 5.54. The van der Waals surface area contributed by atoms with Gasteiger partial charge in [0.1, 0.15) is 5.82 Å². The van der Waals surface area contributed by atoms with Gasteiger partial charge >= 0.3 is 0 Å². The minimum Gasteiger partial charge on any atom is -0.370 e. The number of aryl methyl sites for hydroxylation is 1. The van der Waals surface area contributed by atoms with Crippen molar-refractivity contribution in [3.8, 4) is 0 Å². The lowest BCUT2D eigenvalue weighted by molar-refractivity contribution is 0.0935. The van der Waals surface area contributed by atoms with Gasteiger partial charge in [-0.2, -0.15) is 0 Å². The van der Waals surface area contributed by atoms with Crippen LogP contribution in [0.2, 0.25) is 0 Å². The van der Waals surface area contributed by atoms with E-state index in [-0.39, 0.29) is 11.9 Å². The molecule has 2 N–H and O–H groups in total. The van der Waals surface area contributed by atoms with Crippen LogP contribution in [0.4, 0.5) is 5.82 Å². The van der Waals surface area contributed by atoms with E-state index in [0.29, 0.717) is 11.5 Å². The van der Waals surface area contributed by atoms with E-state index in [0.717, 1.165) is 30.9 Å². The van der Waals surface area contributed by atoms with Gasteiger partial charge in [-0.05, 0) is 45.2 Å². The fraction of sp³-hybridized carbons (Fsp3) is 0.625. The Morgan fingerprint density at radius 1 is 1.30 bits per heavy atom. The molecular weight excluding hydrogens is 250 g/mol. The van der Waals surface area contributed by atoms with E-state index in [1.807, 2.05) is 26.0 Å². The highest BCUT2D eigenvalue weighted by Crippen LogP contribution is 2.12. The number of hydrogen-bond acceptors (Lipinski definition) is 3. The van der Waals surface area contributed by atoms with Gasteiger partial charge in [-0.25, -0.2) is 4.98 Å². The van der Waals surface area contributed by atoms with E-state index in [4.69, 9.17) is 0 Å². The lowest BCUT2D eigenvalue weighted by Crippen LogP contribution is -2.33. The average molecular weight is 277 g/mol. The first kappa shape index (κ1) is 16.5. The number of hydrogen-bond donors (Lipinski definition) is 2. The molecule has 2 atom stereocenters. The number of nitrogens with one attached hydrogen (secondary N) is 2. The van der Waals surface area contributed by atoms with Gasteiger partial charge < -0.3 is 10.6 Å². The molecule has 1 heterocycles. The molecule has 1 aromatic rings. The second-order valence-electron chi connectivity index (χ2n) is 5.54. The summed E-state index contributed by atoms with van der Waals surface area (Å²) in [7, 11) is 0. The first-order chi connectivity index (χ1) is 9.46. The number of carbonyl (C=O) groups is 1. The number of anilines is 1. The van der Waals surface area contributed by atoms with E-state index in [1.54, 1.807) is 0 Å². The Bertz CT molecular complexity index is 445. The van der Waals surface area contributed by atoms with Crippen molar-refractivity contribution in [1.82, 2.24) is 10.3 Å². The first-order valence-corrected chi connectivity index (χ1v) is 7.49. The quantitative estimate of drug-likeness (QED) is 0.803. The molecule has 0 aliphatic rings. The molecule has 0 fully saturated rings. The van der Waals surface area contributed by atoms with Crippen molar-refractivity contribution in [2.24, 2.45) is 5.92 Å². The normalized spacial score (nSPS) is 13.7. The first-order valence-electron chi connectivity index (χ1n) is 7.49. The number of pyridine rings is 1. The van der Waals surface area contributed by atoms with E-state index in [2.05, 4.69) is 36.4 Å². The van der Waals surface area contributed by atoms with Crippen molar-refractivity contribution in [2.75, 3.05) is 11.9 Å². The van der Waals surface area contributed by atoms with E-state index in [9.17, 15) is 4.79 Å². The molecule has 1 amide bonds. The highest BCUT2D eigenvalue weighted by Gasteiger charge is 2.13. The van der Waals surface area contributed by atoms with Crippen molar-refractivity contribution in [1.29, 1.82) is 0 Å². The summed E-state index contributed by atoms with van der Waals surface area (Å²) in [5.74, 6) is 1.36. The van der Waals surface area contributed by atoms with Crippen molar-refractivity contribution < 1.29 is 4.79 Å². The minimum atomic E-state index is -0.0227. The Morgan fingerprint density at radius 2 is 2.00 bits per heavy atom. The summed E-state index contributed by atoms with van der Waals surface area (Å²) >= 11 is 0. The van der Waals surface area contributed by atoms with Crippen LogP contribution in [0.5, 0.6) is 0 Å². The lowest BCUT2D eigenvalue weighted by Gasteiger charge is -2.18. The highest BCUT2D eigenvalue weighted by atomic mass is 16.1. The summed E-state index contributed by atoms with van der Waals surface area (Å²) in [4.78, 5) is 16.6. The topological polar surface area (TPSA) is 54.0 Å². The third-order valence-corrected chi connectivity index (χ3v) is 3.40. The zero-order chi connectivity index (χ0) is 15.1. The summed E-state index contributed by atoms with van der Waals surface area (Å²) in [5, 5.41) is 6.21. The fourth-order valence-corrected chi connectivity index (χ4v) is 2.21. The molecule has 0 spiro atoms. The van der Waals surface area contributed by atoms with Crippen molar-refractivity contribution in [3.63, 3.8) is 0 Å². The predicted molar refractivity (Wildman–Crippen MR) is 84.1 cm³/mol. The molecule has 4 nitrogen and oxygen atoms in total. The van der Waals surface area contributed by atoms with Crippen LogP contribution in [0.25, 0.3) is 0 Å². The van der Waals surface area contributed by atoms with Crippen molar-refractivity contribution in [3.05, 3.63) is 23.4 Å². The molecule has 0 saturated carbocycles. The minimum absolute atomic E-state index is 0.0227. The summed E-state index contributed by atoms with van der Waals surface area (Å²) in [6, 6.07) is 3.82. The van der Waals surface area contributed by atoms with Gasteiger partial charge in [-0.15, -0.1) is 0 Å². The monoisotopic (exact) mass is 277 g/mol. The molecule has 4 heteroatoms. The average Bonchev–Trinajstić information content (AvgIpc) is 2.38. The van der Waals surface area contributed by atoms with Gasteiger partial charge in [-0.1, -0.05) is 20.3 Å². The number of amides is 1. The van der Waals surface area contributed by atoms with Gasteiger partial charge in [0.25, 0.3) is 5.91 Å². The van der Waals surface area contributed by atoms with Gasteiger partial charge in [0.05, 0.1) is 0 Å². The molecule has 2 unspecified atom stereocenters. The van der Waals surface area contributed by atoms with Crippen molar-refractivity contribution >= 4 is 11.7 Å². The molecule has 0 aliphatic heterocycles. The molecule has 0 radical (unpaired) electrons. The zero-order valence-corrected chi connectivity index (χ0v) is 13.3. The van der Waals surface area contributed by atoms with E-state index < -0.39 is 0 Å². The fourth-order valence-electron chi connectivity index (χ4n) is 2.21. The molecular formula is C16H27N3O. The molecule has 20 heavy (non-hydrogen) atoms. The maximum absolute atomic E-state index is 12.3. The molecule has 0 saturated heterocycles. The molecule has 0 aliphatic carbocycles. The van der Waals surface area contributed by atoms with Crippen LogP contribution in [0.15, 0.2) is 12.1 Å². The van der Waals surface area contributed by atoms with Crippen LogP contribution in [0.3, 0.4) is 0 Å². The largest absolute Gasteiger partial charge is 0.370 e. The molecule has 1 rings (SSSR count). The Balaban J connectivity index is 2.71. The van der Waals surface area contributed by atoms with E-state index in [1.165, 1.54) is 0 Å². The number of carbonyl (C=O) groups excluding carboxylic acids is 1. The molecule has 0 bridgehead atoms. The van der Waals surface area contributed by atoms with Gasteiger partial charge in [0, 0.05) is 23.8 Å². The van der Waals surface area contributed by atoms with Gasteiger partial charge in [0.2, 0.25) is 0 Å².